The molecule has 0 spiro atoms. The molecule has 1 amide bonds. The predicted molar refractivity (Wildman–Crippen MR) is 162 cm³/mol. The number of rotatable bonds is 7. The summed E-state index contributed by atoms with van der Waals surface area (Å²) in [7, 11) is 0. The van der Waals surface area contributed by atoms with Crippen molar-refractivity contribution in [3.63, 3.8) is 0 Å². The molecule has 0 aliphatic carbocycles. The highest BCUT2D eigenvalue weighted by Crippen LogP contribution is 2.28. The van der Waals surface area contributed by atoms with E-state index in [0.29, 0.717) is 22.9 Å². The molecule has 0 saturated carbocycles. The second-order valence-electron chi connectivity index (χ2n) is 9.43. The van der Waals surface area contributed by atoms with Crippen LogP contribution in [-0.4, -0.2) is 22.1 Å². The Labute approximate surface area is 234 Å². The van der Waals surface area contributed by atoms with Crippen LogP contribution in [0, 0.1) is 0 Å². The maximum absolute atomic E-state index is 13.8. The van der Waals surface area contributed by atoms with E-state index in [0.717, 1.165) is 33.5 Å². The topological polar surface area (TPSA) is 54.5 Å². The van der Waals surface area contributed by atoms with E-state index >= 15 is 0 Å². The summed E-state index contributed by atoms with van der Waals surface area (Å²) in [6, 6.07) is 37.1. The van der Waals surface area contributed by atoms with Crippen LogP contribution < -0.4 is 15.0 Å². The first-order valence-electron chi connectivity index (χ1n) is 12.9. The van der Waals surface area contributed by atoms with Crippen molar-refractivity contribution in [1.29, 1.82) is 0 Å². The first-order valence-corrected chi connectivity index (χ1v) is 13.3. The van der Waals surface area contributed by atoms with Crippen LogP contribution in [0.2, 0.25) is 0 Å². The summed E-state index contributed by atoms with van der Waals surface area (Å²) in [4.78, 5) is 20.6. The maximum Gasteiger partial charge on any atom is 0.258 e. The Morgan fingerprint density at radius 3 is 2.31 bits per heavy atom. The fourth-order valence-electron chi connectivity index (χ4n) is 4.40. The number of nitrogens with one attached hydrogen (secondary N) is 1. The SMILES string of the molecule is CC(C)Oc1cccc(-c2cc(C(=O)NC(=S)N(Cc3ccccc3)c3ccccc3)c3ccccc3n2)c1. The van der Waals surface area contributed by atoms with Gasteiger partial charge in [-0.05, 0) is 68.0 Å². The van der Waals surface area contributed by atoms with E-state index in [2.05, 4.69) is 5.32 Å². The molecule has 0 radical (unpaired) electrons. The standard InChI is InChI=1S/C33H29N3O2S/c1-23(2)38-27-17-11-14-25(20-27)31-21-29(28-18-9-10-19-30(28)34-31)32(37)35-33(39)36(26-15-7-4-8-16-26)22-24-12-5-3-6-13-24/h3-21,23H,22H2,1-2H3,(H,35,37,39). The normalized spacial score (nSPS) is 10.8. The zero-order valence-electron chi connectivity index (χ0n) is 21.9. The monoisotopic (exact) mass is 531 g/mol. The average molecular weight is 532 g/mol. The molecule has 5 aromatic rings. The second kappa shape index (κ2) is 11.9. The molecule has 0 atom stereocenters. The van der Waals surface area contributed by atoms with E-state index in [4.69, 9.17) is 21.9 Å². The molecule has 1 aromatic heterocycles. The molecule has 0 fully saturated rings. The summed E-state index contributed by atoms with van der Waals surface area (Å²) in [5.41, 5.74) is 4.76. The number of benzene rings is 4. The van der Waals surface area contributed by atoms with Crippen LogP contribution in [0.5, 0.6) is 5.75 Å². The van der Waals surface area contributed by atoms with Gasteiger partial charge in [0.15, 0.2) is 5.11 Å². The van der Waals surface area contributed by atoms with Crippen LogP contribution in [0.25, 0.3) is 22.2 Å². The van der Waals surface area contributed by atoms with Crippen molar-refractivity contribution in [1.82, 2.24) is 10.3 Å². The molecule has 6 heteroatoms. The van der Waals surface area contributed by atoms with Crippen molar-refractivity contribution in [2.75, 3.05) is 4.90 Å². The van der Waals surface area contributed by atoms with Crippen LogP contribution >= 0.6 is 12.2 Å². The van der Waals surface area contributed by atoms with Gasteiger partial charge in [-0.15, -0.1) is 0 Å². The minimum absolute atomic E-state index is 0.0515. The summed E-state index contributed by atoms with van der Waals surface area (Å²) in [6.45, 7) is 4.50. The molecule has 5 rings (SSSR count). The third kappa shape index (κ3) is 6.30. The lowest BCUT2D eigenvalue weighted by Crippen LogP contribution is -2.42. The molecular formula is C33H29N3O2S. The number of fused-ring (bicyclic) bond motifs is 1. The molecule has 4 aromatic carbocycles. The van der Waals surface area contributed by atoms with Crippen molar-refractivity contribution in [3.8, 4) is 17.0 Å². The molecule has 194 valence electrons. The maximum atomic E-state index is 13.8. The summed E-state index contributed by atoms with van der Waals surface area (Å²) < 4.78 is 5.88. The highest BCUT2D eigenvalue weighted by molar-refractivity contribution is 7.80. The quantitative estimate of drug-likeness (QED) is 0.222. The molecule has 39 heavy (non-hydrogen) atoms. The van der Waals surface area contributed by atoms with Gasteiger partial charge >= 0.3 is 0 Å². The first-order chi connectivity index (χ1) is 19.0. The van der Waals surface area contributed by atoms with Gasteiger partial charge in [-0.2, -0.15) is 0 Å². The van der Waals surface area contributed by atoms with Crippen molar-refractivity contribution >= 4 is 39.8 Å². The van der Waals surface area contributed by atoms with Gasteiger partial charge in [0, 0.05) is 16.6 Å². The highest BCUT2D eigenvalue weighted by atomic mass is 32.1. The first kappa shape index (κ1) is 26.1. The zero-order valence-corrected chi connectivity index (χ0v) is 22.7. The number of carbonyl (C=O) groups excluding carboxylic acids is 1. The average Bonchev–Trinajstić information content (AvgIpc) is 2.96. The Balaban J connectivity index is 1.48. The number of para-hydroxylation sites is 2. The van der Waals surface area contributed by atoms with Gasteiger partial charge in [-0.3, -0.25) is 10.1 Å². The second-order valence-corrected chi connectivity index (χ2v) is 9.82. The molecule has 0 bridgehead atoms. The van der Waals surface area contributed by atoms with E-state index in [1.807, 2.05) is 134 Å². The number of amides is 1. The van der Waals surface area contributed by atoms with E-state index in [-0.39, 0.29) is 12.0 Å². The largest absolute Gasteiger partial charge is 0.491 e. The molecule has 1 N–H and O–H groups in total. The van der Waals surface area contributed by atoms with Crippen molar-refractivity contribution < 1.29 is 9.53 Å². The van der Waals surface area contributed by atoms with Gasteiger partial charge in [-0.25, -0.2) is 4.98 Å². The number of aromatic nitrogens is 1. The predicted octanol–water partition coefficient (Wildman–Crippen LogP) is 7.41. The van der Waals surface area contributed by atoms with Crippen LogP contribution in [0.4, 0.5) is 5.69 Å². The Hall–Kier alpha value is -4.55. The van der Waals surface area contributed by atoms with E-state index in [9.17, 15) is 4.79 Å². The molecular weight excluding hydrogens is 502 g/mol. The minimum atomic E-state index is -0.288. The molecule has 0 aliphatic heterocycles. The number of anilines is 1. The number of hydrogen-bond acceptors (Lipinski definition) is 4. The van der Waals surface area contributed by atoms with Gasteiger partial charge in [0.1, 0.15) is 5.75 Å². The third-order valence-electron chi connectivity index (χ3n) is 6.18. The van der Waals surface area contributed by atoms with E-state index < -0.39 is 0 Å². The van der Waals surface area contributed by atoms with Crippen LogP contribution in [-0.2, 0) is 6.54 Å². The molecule has 0 saturated heterocycles. The Kier molecular flexibility index (Phi) is 7.94. The number of pyridine rings is 1. The van der Waals surface area contributed by atoms with Gasteiger partial charge < -0.3 is 9.64 Å². The van der Waals surface area contributed by atoms with Gasteiger partial charge in [-0.1, -0.05) is 78.9 Å². The van der Waals surface area contributed by atoms with Gasteiger partial charge in [0.2, 0.25) is 0 Å². The number of nitrogens with zero attached hydrogens (tertiary/aromatic N) is 2. The summed E-state index contributed by atoms with van der Waals surface area (Å²) in [5, 5.41) is 4.07. The van der Waals surface area contributed by atoms with Crippen molar-refractivity contribution in [2.24, 2.45) is 0 Å². The summed E-state index contributed by atoms with van der Waals surface area (Å²) in [5.74, 6) is 0.465. The van der Waals surface area contributed by atoms with E-state index in [1.165, 1.54) is 0 Å². The molecule has 0 unspecified atom stereocenters. The smallest absolute Gasteiger partial charge is 0.258 e. The fraction of sp³-hybridized carbons (Fsp3) is 0.121. The molecule has 0 aliphatic rings. The highest BCUT2D eigenvalue weighted by Gasteiger charge is 2.19. The molecule has 1 heterocycles. The fourth-order valence-corrected chi connectivity index (χ4v) is 4.66. The van der Waals surface area contributed by atoms with E-state index in [1.54, 1.807) is 0 Å². The number of hydrogen-bond donors (Lipinski definition) is 1. The Morgan fingerprint density at radius 1 is 0.872 bits per heavy atom. The lowest BCUT2D eigenvalue weighted by atomic mass is 10.0. The summed E-state index contributed by atoms with van der Waals surface area (Å²) >= 11 is 5.80. The number of carbonyl (C=O) groups is 1. The van der Waals surface area contributed by atoms with Crippen molar-refractivity contribution in [3.05, 3.63) is 126 Å². The minimum Gasteiger partial charge on any atom is -0.491 e. The summed E-state index contributed by atoms with van der Waals surface area (Å²) in [6.07, 6.45) is 0.0515. The van der Waals surface area contributed by atoms with Crippen molar-refractivity contribution in [2.45, 2.75) is 26.5 Å². The Bertz CT molecular complexity index is 1600. The lowest BCUT2D eigenvalue weighted by Gasteiger charge is -2.26. The van der Waals surface area contributed by atoms with Gasteiger partial charge in [0.25, 0.3) is 5.91 Å². The van der Waals surface area contributed by atoms with Crippen LogP contribution in [0.3, 0.4) is 0 Å². The Morgan fingerprint density at radius 2 is 1.56 bits per heavy atom. The lowest BCUT2D eigenvalue weighted by molar-refractivity contribution is 0.0978. The molecule has 5 nitrogen and oxygen atoms in total. The number of thiocarbonyl (C=S) groups is 1. The van der Waals surface area contributed by atoms with Crippen LogP contribution in [0.15, 0.2) is 115 Å². The third-order valence-corrected chi connectivity index (χ3v) is 6.50. The zero-order chi connectivity index (χ0) is 27.2. The van der Waals surface area contributed by atoms with Crippen LogP contribution in [0.1, 0.15) is 29.8 Å². The number of ether oxygens (including phenoxy) is 1. The van der Waals surface area contributed by atoms with Gasteiger partial charge in [0.05, 0.1) is 29.4 Å².